The van der Waals surface area contributed by atoms with Crippen LogP contribution < -0.4 is 20.5 Å². The van der Waals surface area contributed by atoms with E-state index in [0.29, 0.717) is 30.2 Å². The number of nitrogens with zero attached hydrogens (tertiary/aromatic N) is 6. The van der Waals surface area contributed by atoms with Crippen LogP contribution in [-0.4, -0.2) is 62.1 Å². The van der Waals surface area contributed by atoms with Crippen LogP contribution in [0.3, 0.4) is 0 Å². The SMILES string of the molecule is CC1Cc2c(Nc3ccc(C(F)(F)F)nc3)nc(OCCN3CCCC3)nc2C(C)N1c1ncc[nH]c1=O. The minimum absolute atomic E-state index is 0.134. The second kappa shape index (κ2) is 10.6. The highest BCUT2D eigenvalue weighted by Gasteiger charge is 2.36. The molecule has 5 heterocycles. The predicted molar refractivity (Wildman–Crippen MR) is 135 cm³/mol. The van der Waals surface area contributed by atoms with E-state index in [1.807, 2.05) is 18.7 Å². The van der Waals surface area contributed by atoms with Gasteiger partial charge in [-0.15, -0.1) is 0 Å². The molecule has 5 rings (SSSR count). The van der Waals surface area contributed by atoms with Gasteiger partial charge in [0.1, 0.15) is 18.1 Å². The van der Waals surface area contributed by atoms with E-state index in [2.05, 4.69) is 30.2 Å². The molecule has 0 saturated carbocycles. The molecule has 2 aliphatic heterocycles. The Hall–Kier alpha value is -3.74. The zero-order valence-electron chi connectivity index (χ0n) is 21.1. The minimum Gasteiger partial charge on any atom is -0.462 e. The number of hydrogen-bond donors (Lipinski definition) is 2. The summed E-state index contributed by atoms with van der Waals surface area (Å²) in [5.41, 5.74) is 0.519. The normalized spacial score (nSPS) is 19.9. The van der Waals surface area contributed by atoms with Crippen LogP contribution in [0.5, 0.6) is 6.01 Å². The summed E-state index contributed by atoms with van der Waals surface area (Å²) in [5.74, 6) is 0.718. The zero-order valence-corrected chi connectivity index (χ0v) is 21.1. The summed E-state index contributed by atoms with van der Waals surface area (Å²) in [6.45, 7) is 7.10. The van der Waals surface area contributed by atoms with Gasteiger partial charge in [0.2, 0.25) is 0 Å². The Labute approximate surface area is 217 Å². The minimum atomic E-state index is -4.53. The molecule has 2 unspecified atom stereocenters. The van der Waals surface area contributed by atoms with E-state index in [1.54, 1.807) is 0 Å². The van der Waals surface area contributed by atoms with E-state index < -0.39 is 11.9 Å². The van der Waals surface area contributed by atoms with Crippen molar-refractivity contribution in [2.24, 2.45) is 0 Å². The molecule has 0 aliphatic carbocycles. The molecular weight excluding hydrogens is 501 g/mol. The first-order valence-electron chi connectivity index (χ1n) is 12.6. The van der Waals surface area contributed by atoms with Gasteiger partial charge in [-0.25, -0.2) is 9.97 Å². The fourth-order valence-corrected chi connectivity index (χ4v) is 5.07. The number of aromatic amines is 1. The predicted octanol–water partition coefficient (Wildman–Crippen LogP) is 3.70. The topological polar surface area (TPSA) is 112 Å². The monoisotopic (exact) mass is 530 g/mol. The Balaban J connectivity index is 1.47. The summed E-state index contributed by atoms with van der Waals surface area (Å²) in [4.78, 5) is 36.6. The highest BCUT2D eigenvalue weighted by molar-refractivity contribution is 5.62. The lowest BCUT2D eigenvalue weighted by Gasteiger charge is -2.40. The maximum Gasteiger partial charge on any atom is 0.433 e. The number of pyridine rings is 1. The number of hydrogen-bond acceptors (Lipinski definition) is 9. The van der Waals surface area contributed by atoms with Crippen molar-refractivity contribution in [3.63, 3.8) is 0 Å². The molecule has 3 aromatic heterocycles. The number of ether oxygens (including phenoxy) is 1. The Bertz CT molecular complexity index is 1330. The lowest BCUT2D eigenvalue weighted by molar-refractivity contribution is -0.141. The number of halogens is 3. The Morgan fingerprint density at radius 2 is 1.95 bits per heavy atom. The molecule has 0 aromatic carbocycles. The van der Waals surface area contributed by atoms with Gasteiger partial charge in [0.05, 0.1) is 23.6 Å². The van der Waals surface area contributed by atoms with Gasteiger partial charge in [0.25, 0.3) is 5.56 Å². The van der Waals surface area contributed by atoms with Crippen molar-refractivity contribution in [3.8, 4) is 6.01 Å². The average Bonchev–Trinajstić information content (AvgIpc) is 3.39. The van der Waals surface area contributed by atoms with Gasteiger partial charge in [0, 0.05) is 30.5 Å². The Kier molecular flexibility index (Phi) is 7.19. The molecule has 1 saturated heterocycles. The largest absolute Gasteiger partial charge is 0.462 e. The third-order valence-corrected chi connectivity index (χ3v) is 6.89. The maximum atomic E-state index is 13.0. The van der Waals surface area contributed by atoms with Crippen LogP contribution in [0, 0.1) is 0 Å². The quantitative estimate of drug-likeness (QED) is 0.472. The molecule has 2 N–H and O–H groups in total. The molecular formula is C25H29F3N8O2. The molecule has 2 aliphatic rings. The standard InChI is InChI=1S/C25H29F3N8O2/c1-15-13-18-20(16(2)36(15)22-23(37)30-8-7-29-22)33-24(38-12-11-35-9-3-4-10-35)34-21(18)32-17-5-6-19(31-14-17)25(26,27)28/h5-8,14-16H,3-4,9-13H2,1-2H3,(H,30,37)(H,32,33,34). The van der Waals surface area contributed by atoms with E-state index in [4.69, 9.17) is 9.72 Å². The lowest BCUT2D eigenvalue weighted by Crippen LogP contribution is -2.45. The van der Waals surface area contributed by atoms with Crippen LogP contribution >= 0.6 is 0 Å². The molecule has 202 valence electrons. The molecule has 1 fully saturated rings. The fourth-order valence-electron chi connectivity index (χ4n) is 5.07. The van der Waals surface area contributed by atoms with Crippen molar-refractivity contribution in [1.29, 1.82) is 0 Å². The molecule has 0 bridgehead atoms. The second-order valence-electron chi connectivity index (χ2n) is 9.55. The number of aromatic nitrogens is 5. The summed E-state index contributed by atoms with van der Waals surface area (Å²) in [6, 6.07) is 1.91. The van der Waals surface area contributed by atoms with Crippen molar-refractivity contribution in [3.05, 3.63) is 58.0 Å². The van der Waals surface area contributed by atoms with Crippen molar-refractivity contribution < 1.29 is 17.9 Å². The third kappa shape index (κ3) is 5.42. The Morgan fingerprint density at radius 3 is 2.63 bits per heavy atom. The highest BCUT2D eigenvalue weighted by atomic mass is 19.4. The van der Waals surface area contributed by atoms with Crippen molar-refractivity contribution in [1.82, 2.24) is 29.8 Å². The Morgan fingerprint density at radius 1 is 1.16 bits per heavy atom. The third-order valence-electron chi connectivity index (χ3n) is 6.89. The van der Waals surface area contributed by atoms with Crippen LogP contribution in [0.1, 0.15) is 49.7 Å². The van der Waals surface area contributed by atoms with E-state index in [1.165, 1.54) is 31.3 Å². The molecule has 10 nitrogen and oxygen atoms in total. The number of fused-ring (bicyclic) bond motifs is 1. The van der Waals surface area contributed by atoms with Gasteiger partial charge < -0.3 is 19.9 Å². The number of nitrogens with one attached hydrogen (secondary N) is 2. The van der Waals surface area contributed by atoms with Crippen LogP contribution in [0.15, 0.2) is 35.5 Å². The molecule has 0 radical (unpaired) electrons. The van der Waals surface area contributed by atoms with Gasteiger partial charge in [-0.3, -0.25) is 9.69 Å². The van der Waals surface area contributed by atoms with Gasteiger partial charge in [-0.2, -0.15) is 23.1 Å². The van der Waals surface area contributed by atoms with Crippen molar-refractivity contribution in [2.75, 3.05) is 36.5 Å². The molecule has 3 aromatic rings. The number of anilines is 3. The zero-order chi connectivity index (χ0) is 26.9. The number of H-pyrrole nitrogens is 1. The average molecular weight is 531 g/mol. The summed E-state index contributed by atoms with van der Waals surface area (Å²) in [5, 5.41) is 3.12. The van der Waals surface area contributed by atoms with Crippen LogP contribution in [-0.2, 0) is 12.6 Å². The lowest BCUT2D eigenvalue weighted by atomic mass is 9.93. The first-order chi connectivity index (χ1) is 18.2. The van der Waals surface area contributed by atoms with Gasteiger partial charge in [-0.1, -0.05) is 0 Å². The molecule has 0 amide bonds. The highest BCUT2D eigenvalue weighted by Crippen LogP contribution is 2.38. The van der Waals surface area contributed by atoms with Crippen LogP contribution in [0.25, 0.3) is 0 Å². The van der Waals surface area contributed by atoms with Crippen molar-refractivity contribution in [2.45, 2.75) is 51.4 Å². The number of alkyl halides is 3. The molecule has 38 heavy (non-hydrogen) atoms. The van der Waals surface area contributed by atoms with E-state index in [9.17, 15) is 18.0 Å². The summed E-state index contributed by atoms with van der Waals surface area (Å²) in [6.07, 6.45) is 2.42. The first kappa shape index (κ1) is 25.9. The van der Waals surface area contributed by atoms with E-state index >= 15 is 0 Å². The van der Waals surface area contributed by atoms with Gasteiger partial charge >= 0.3 is 12.2 Å². The number of likely N-dealkylation sites (tertiary alicyclic amines) is 1. The fraction of sp³-hybridized carbons (Fsp3) is 0.480. The van der Waals surface area contributed by atoms with E-state index in [-0.39, 0.29) is 29.5 Å². The summed E-state index contributed by atoms with van der Waals surface area (Å²) in [7, 11) is 0. The maximum absolute atomic E-state index is 13.0. The van der Waals surface area contributed by atoms with Crippen LogP contribution in [0.4, 0.5) is 30.5 Å². The number of rotatable bonds is 7. The molecule has 2 atom stereocenters. The smallest absolute Gasteiger partial charge is 0.433 e. The second-order valence-corrected chi connectivity index (χ2v) is 9.55. The van der Waals surface area contributed by atoms with Crippen molar-refractivity contribution >= 4 is 17.3 Å². The van der Waals surface area contributed by atoms with Gasteiger partial charge in [-0.05, 0) is 58.3 Å². The first-order valence-corrected chi connectivity index (χ1v) is 12.6. The summed E-state index contributed by atoms with van der Waals surface area (Å²) < 4.78 is 44.9. The van der Waals surface area contributed by atoms with Crippen LogP contribution in [0.2, 0.25) is 0 Å². The molecule has 0 spiro atoms. The summed E-state index contributed by atoms with van der Waals surface area (Å²) >= 11 is 0. The van der Waals surface area contributed by atoms with Gasteiger partial charge in [0.15, 0.2) is 5.82 Å². The molecule has 13 heteroatoms. The van der Waals surface area contributed by atoms with E-state index in [0.717, 1.165) is 37.5 Å².